The normalized spacial score (nSPS) is 12.4. The van der Waals surface area contributed by atoms with Crippen LogP contribution in [0.5, 0.6) is 0 Å². The molecular weight excluding hydrogens is 164 g/mol. The summed E-state index contributed by atoms with van der Waals surface area (Å²) < 4.78 is 4.73. The molecule has 2 nitrogen and oxygen atoms in total. The van der Waals surface area contributed by atoms with Crippen molar-refractivity contribution in [3.05, 3.63) is 12.7 Å². The molecule has 0 N–H and O–H groups in total. The molecule has 0 radical (unpaired) electrons. The zero-order chi connectivity index (χ0) is 10.7. The minimum absolute atomic E-state index is 0.0301. The Labute approximate surface area is 81.0 Å². The SMILES string of the molecule is C=CC(C)(C)CC(C)(C)C(=O)OC. The fraction of sp³-hybridized carbons (Fsp3) is 0.727. The summed E-state index contributed by atoms with van der Waals surface area (Å²) in [6, 6.07) is 0. The van der Waals surface area contributed by atoms with Crippen LogP contribution in [0.4, 0.5) is 0 Å². The van der Waals surface area contributed by atoms with E-state index in [4.69, 9.17) is 4.74 Å². The van der Waals surface area contributed by atoms with Gasteiger partial charge in [0.25, 0.3) is 0 Å². The Morgan fingerprint density at radius 2 is 1.85 bits per heavy atom. The number of esters is 1. The molecule has 0 unspecified atom stereocenters. The summed E-state index contributed by atoms with van der Waals surface area (Å²) >= 11 is 0. The van der Waals surface area contributed by atoms with Gasteiger partial charge in [-0.25, -0.2) is 0 Å². The van der Waals surface area contributed by atoms with Crippen molar-refractivity contribution in [1.82, 2.24) is 0 Å². The third kappa shape index (κ3) is 3.62. The Balaban J connectivity index is 4.50. The van der Waals surface area contributed by atoms with Gasteiger partial charge in [-0.3, -0.25) is 4.79 Å². The first kappa shape index (κ1) is 12.2. The Morgan fingerprint density at radius 1 is 1.38 bits per heavy atom. The molecule has 0 aromatic carbocycles. The lowest BCUT2D eigenvalue weighted by atomic mass is 9.75. The lowest BCUT2D eigenvalue weighted by Gasteiger charge is -2.30. The predicted octanol–water partition coefficient (Wildman–Crippen LogP) is 2.79. The van der Waals surface area contributed by atoms with Crippen molar-refractivity contribution in [1.29, 1.82) is 0 Å². The van der Waals surface area contributed by atoms with Crippen LogP contribution in [0.15, 0.2) is 12.7 Å². The van der Waals surface area contributed by atoms with Crippen LogP contribution in [0.1, 0.15) is 34.1 Å². The van der Waals surface area contributed by atoms with Gasteiger partial charge in [-0.1, -0.05) is 19.9 Å². The number of rotatable bonds is 4. The van der Waals surface area contributed by atoms with Crippen LogP contribution < -0.4 is 0 Å². The summed E-state index contributed by atoms with van der Waals surface area (Å²) in [7, 11) is 1.42. The van der Waals surface area contributed by atoms with Crippen molar-refractivity contribution >= 4 is 5.97 Å². The van der Waals surface area contributed by atoms with Gasteiger partial charge >= 0.3 is 5.97 Å². The number of allylic oxidation sites excluding steroid dienone is 1. The summed E-state index contributed by atoms with van der Waals surface area (Å²) in [5, 5.41) is 0. The summed E-state index contributed by atoms with van der Waals surface area (Å²) in [6.07, 6.45) is 2.62. The molecule has 0 aliphatic heterocycles. The molecule has 0 aliphatic rings. The summed E-state index contributed by atoms with van der Waals surface area (Å²) in [6.45, 7) is 11.7. The van der Waals surface area contributed by atoms with E-state index >= 15 is 0 Å². The zero-order valence-corrected chi connectivity index (χ0v) is 9.31. The average Bonchev–Trinajstić information content (AvgIpc) is 2.01. The van der Waals surface area contributed by atoms with Crippen molar-refractivity contribution in [2.45, 2.75) is 34.1 Å². The Bertz CT molecular complexity index is 202. The lowest BCUT2D eigenvalue weighted by molar-refractivity contribution is -0.152. The molecule has 13 heavy (non-hydrogen) atoms. The smallest absolute Gasteiger partial charge is 0.311 e. The highest BCUT2D eigenvalue weighted by Gasteiger charge is 2.33. The molecule has 2 heteroatoms. The summed E-state index contributed by atoms with van der Waals surface area (Å²) in [5.74, 6) is -0.164. The maximum Gasteiger partial charge on any atom is 0.311 e. The number of methoxy groups -OCH3 is 1. The van der Waals surface area contributed by atoms with Crippen LogP contribution in [0.2, 0.25) is 0 Å². The number of ether oxygens (including phenoxy) is 1. The number of carbonyl (C=O) groups is 1. The maximum absolute atomic E-state index is 11.4. The molecule has 0 rings (SSSR count). The Kier molecular flexibility index (Phi) is 3.71. The highest BCUT2D eigenvalue weighted by atomic mass is 16.5. The van der Waals surface area contributed by atoms with Gasteiger partial charge in [-0.15, -0.1) is 6.58 Å². The molecule has 76 valence electrons. The van der Waals surface area contributed by atoms with Crippen LogP contribution in [-0.4, -0.2) is 13.1 Å². The highest BCUT2D eigenvalue weighted by Crippen LogP contribution is 2.35. The van der Waals surface area contributed by atoms with E-state index in [2.05, 4.69) is 20.4 Å². The summed E-state index contributed by atoms with van der Waals surface area (Å²) in [4.78, 5) is 11.4. The summed E-state index contributed by atoms with van der Waals surface area (Å²) in [5.41, 5.74) is -0.468. The van der Waals surface area contributed by atoms with E-state index < -0.39 is 5.41 Å². The maximum atomic E-state index is 11.4. The highest BCUT2D eigenvalue weighted by molar-refractivity contribution is 5.75. The van der Waals surface area contributed by atoms with Crippen LogP contribution in [-0.2, 0) is 9.53 Å². The minimum Gasteiger partial charge on any atom is -0.469 e. The van der Waals surface area contributed by atoms with E-state index in [1.807, 2.05) is 19.9 Å². The molecule has 0 saturated heterocycles. The predicted molar refractivity (Wildman–Crippen MR) is 54.4 cm³/mol. The first-order chi connectivity index (χ1) is 5.75. The first-order valence-corrected chi connectivity index (χ1v) is 4.47. The van der Waals surface area contributed by atoms with E-state index in [-0.39, 0.29) is 11.4 Å². The zero-order valence-electron chi connectivity index (χ0n) is 9.31. The molecule has 0 aromatic rings. The second-order valence-electron chi connectivity index (χ2n) is 4.74. The van der Waals surface area contributed by atoms with Crippen molar-refractivity contribution < 1.29 is 9.53 Å². The van der Waals surface area contributed by atoms with Gasteiger partial charge in [-0.2, -0.15) is 0 Å². The number of hydrogen-bond donors (Lipinski definition) is 0. The van der Waals surface area contributed by atoms with E-state index in [9.17, 15) is 4.79 Å². The van der Waals surface area contributed by atoms with Crippen LogP contribution in [0.3, 0.4) is 0 Å². The first-order valence-electron chi connectivity index (χ1n) is 4.47. The molecule has 0 bridgehead atoms. The van der Waals surface area contributed by atoms with E-state index in [1.165, 1.54) is 7.11 Å². The average molecular weight is 184 g/mol. The monoisotopic (exact) mass is 184 g/mol. The van der Waals surface area contributed by atoms with Gasteiger partial charge < -0.3 is 4.74 Å². The molecule has 0 aliphatic carbocycles. The van der Waals surface area contributed by atoms with Gasteiger partial charge in [0.15, 0.2) is 0 Å². The van der Waals surface area contributed by atoms with Gasteiger partial charge in [0.1, 0.15) is 0 Å². The second-order valence-corrected chi connectivity index (χ2v) is 4.74. The van der Waals surface area contributed by atoms with E-state index in [0.29, 0.717) is 0 Å². The third-order valence-corrected chi connectivity index (χ3v) is 2.19. The van der Waals surface area contributed by atoms with Gasteiger partial charge in [0, 0.05) is 0 Å². The van der Waals surface area contributed by atoms with Crippen molar-refractivity contribution in [2.24, 2.45) is 10.8 Å². The Morgan fingerprint density at radius 3 is 2.15 bits per heavy atom. The molecule has 0 atom stereocenters. The largest absolute Gasteiger partial charge is 0.469 e. The quantitative estimate of drug-likeness (QED) is 0.496. The second kappa shape index (κ2) is 3.95. The van der Waals surface area contributed by atoms with Gasteiger partial charge in [0.05, 0.1) is 12.5 Å². The minimum atomic E-state index is -0.438. The molecule has 0 fully saturated rings. The van der Waals surface area contributed by atoms with Crippen LogP contribution in [0.25, 0.3) is 0 Å². The lowest BCUT2D eigenvalue weighted by Crippen LogP contribution is -2.30. The van der Waals surface area contributed by atoms with Crippen LogP contribution in [0, 0.1) is 10.8 Å². The fourth-order valence-electron chi connectivity index (χ4n) is 1.56. The van der Waals surface area contributed by atoms with Gasteiger partial charge in [0.2, 0.25) is 0 Å². The standard InChI is InChI=1S/C11H20O2/c1-7-10(2,3)8-11(4,5)9(12)13-6/h7H,1,8H2,2-6H3. The third-order valence-electron chi connectivity index (χ3n) is 2.19. The van der Waals surface area contributed by atoms with E-state index in [1.54, 1.807) is 0 Å². The Hall–Kier alpha value is -0.790. The number of hydrogen-bond acceptors (Lipinski definition) is 2. The van der Waals surface area contributed by atoms with E-state index in [0.717, 1.165) is 6.42 Å². The fourth-order valence-corrected chi connectivity index (χ4v) is 1.56. The molecule has 0 saturated carbocycles. The van der Waals surface area contributed by atoms with Crippen molar-refractivity contribution in [2.75, 3.05) is 7.11 Å². The topological polar surface area (TPSA) is 26.3 Å². The van der Waals surface area contributed by atoms with Gasteiger partial charge in [-0.05, 0) is 25.7 Å². The molecule has 0 spiro atoms. The number of carbonyl (C=O) groups excluding carboxylic acids is 1. The molecular formula is C11H20O2. The molecule has 0 aromatic heterocycles. The molecule has 0 amide bonds. The molecule has 0 heterocycles. The van der Waals surface area contributed by atoms with Crippen molar-refractivity contribution in [3.8, 4) is 0 Å². The van der Waals surface area contributed by atoms with Crippen LogP contribution >= 0.6 is 0 Å². The van der Waals surface area contributed by atoms with Crippen molar-refractivity contribution in [3.63, 3.8) is 0 Å².